The molecule has 0 saturated heterocycles. The fourth-order valence-corrected chi connectivity index (χ4v) is 3.24. The van der Waals surface area contributed by atoms with Crippen LogP contribution in [0.15, 0.2) is 27.6 Å². The van der Waals surface area contributed by atoms with Gasteiger partial charge in [0.15, 0.2) is 0 Å². The van der Waals surface area contributed by atoms with Crippen LogP contribution in [0.25, 0.3) is 11.3 Å². The summed E-state index contributed by atoms with van der Waals surface area (Å²) in [4.78, 5) is -0.107. The molecule has 1 aromatic heterocycles. The molecule has 3 nitrogen and oxygen atoms in total. The van der Waals surface area contributed by atoms with Crippen molar-refractivity contribution in [2.75, 3.05) is 5.75 Å². The summed E-state index contributed by atoms with van der Waals surface area (Å²) in [5.41, 5.74) is 0.760. The molecular weight excluding hydrogens is 360 g/mol. The molecular formula is C14H11F6NO2S. The van der Waals surface area contributed by atoms with Crippen molar-refractivity contribution < 1.29 is 35.1 Å². The third-order valence-electron chi connectivity index (χ3n) is 3.13. The van der Waals surface area contributed by atoms with Crippen LogP contribution in [-0.4, -0.2) is 21.3 Å². The van der Waals surface area contributed by atoms with Crippen LogP contribution in [0, 0.1) is 13.8 Å². The number of hydrogen-bond acceptors (Lipinski definition) is 3. The molecule has 1 heterocycles. The Hall–Kier alpha value is -1.84. The van der Waals surface area contributed by atoms with Crippen LogP contribution in [0.2, 0.25) is 0 Å². The zero-order valence-corrected chi connectivity index (χ0v) is 13.2. The zero-order valence-electron chi connectivity index (χ0n) is 12.4. The molecule has 0 radical (unpaired) electrons. The summed E-state index contributed by atoms with van der Waals surface area (Å²) in [6.07, 6.45) is -9.36. The van der Waals surface area contributed by atoms with Crippen molar-refractivity contribution in [3.05, 3.63) is 35.1 Å². The third-order valence-corrected chi connectivity index (χ3v) is 4.65. The molecule has 0 aliphatic rings. The Bertz CT molecular complexity index is 779. The van der Waals surface area contributed by atoms with E-state index in [1.54, 1.807) is 6.92 Å². The summed E-state index contributed by atoms with van der Waals surface area (Å²) in [6, 6.07) is 3.25. The Morgan fingerprint density at radius 2 is 1.67 bits per heavy atom. The first-order valence-electron chi connectivity index (χ1n) is 6.49. The minimum atomic E-state index is -4.73. The van der Waals surface area contributed by atoms with Crippen molar-refractivity contribution in [3.63, 3.8) is 0 Å². The average Bonchev–Trinajstić information content (AvgIpc) is 2.85. The summed E-state index contributed by atoms with van der Waals surface area (Å²) >= 11 is 0. The van der Waals surface area contributed by atoms with Gasteiger partial charge in [0.2, 0.25) is 5.76 Å². The maximum atomic E-state index is 12.6. The number of halogens is 6. The number of alkyl halides is 6. The van der Waals surface area contributed by atoms with E-state index in [1.165, 1.54) is 13.0 Å². The van der Waals surface area contributed by atoms with Crippen molar-refractivity contribution in [3.8, 4) is 11.3 Å². The van der Waals surface area contributed by atoms with Gasteiger partial charge in [-0.3, -0.25) is 4.21 Å². The topological polar surface area (TPSA) is 43.1 Å². The Morgan fingerprint density at radius 1 is 1.04 bits per heavy atom. The number of aromatic nitrogens is 1. The molecule has 10 heteroatoms. The van der Waals surface area contributed by atoms with Gasteiger partial charge in [0.05, 0.1) is 10.8 Å². The summed E-state index contributed by atoms with van der Waals surface area (Å²) in [7, 11) is -2.37. The molecule has 0 fully saturated rings. The lowest BCUT2D eigenvalue weighted by Gasteiger charge is -2.12. The summed E-state index contributed by atoms with van der Waals surface area (Å²) in [5.74, 6) is -2.86. The van der Waals surface area contributed by atoms with Gasteiger partial charge in [0, 0.05) is 16.5 Å². The second-order valence-corrected chi connectivity index (χ2v) is 6.53. The smallest absolute Gasteiger partial charge is 0.351 e. The lowest BCUT2D eigenvalue weighted by atomic mass is 10.0. The SMILES string of the molecule is Cc1cc(C)c(S(=O)CC(F)(F)F)cc1-c1cc(C(F)(F)F)on1. The summed E-state index contributed by atoms with van der Waals surface area (Å²) in [6.45, 7) is 3.03. The zero-order chi connectivity index (χ0) is 18.3. The predicted octanol–water partition coefficient (Wildman–Crippen LogP) is 4.65. The maximum Gasteiger partial charge on any atom is 0.452 e. The first-order valence-corrected chi connectivity index (χ1v) is 7.81. The van der Waals surface area contributed by atoms with Crippen LogP contribution in [-0.2, 0) is 17.0 Å². The fourth-order valence-electron chi connectivity index (χ4n) is 2.12. The Morgan fingerprint density at radius 3 is 2.17 bits per heavy atom. The molecule has 0 aliphatic heterocycles. The molecule has 0 amide bonds. The van der Waals surface area contributed by atoms with Gasteiger partial charge in [-0.1, -0.05) is 11.2 Å². The first-order chi connectivity index (χ1) is 10.9. The highest BCUT2D eigenvalue weighted by atomic mass is 32.2. The standard InChI is InChI=1S/C14H11F6NO2S/c1-7-3-8(2)11(24(22)6-13(15,16)17)4-9(7)10-5-12(23-21-10)14(18,19)20/h3-5H,6H2,1-2H3. The van der Waals surface area contributed by atoms with E-state index < -0.39 is 34.7 Å². The van der Waals surface area contributed by atoms with Gasteiger partial charge in [-0.15, -0.1) is 0 Å². The van der Waals surface area contributed by atoms with E-state index in [-0.39, 0.29) is 16.2 Å². The van der Waals surface area contributed by atoms with E-state index in [4.69, 9.17) is 0 Å². The van der Waals surface area contributed by atoms with Crippen LogP contribution in [0.5, 0.6) is 0 Å². The normalized spacial score (nSPS) is 14.0. The number of rotatable bonds is 3. The molecule has 1 aromatic carbocycles. The Labute approximate surface area is 135 Å². The maximum absolute atomic E-state index is 12.6. The second-order valence-electron chi connectivity index (χ2n) is 5.11. The third kappa shape index (κ3) is 4.16. The van der Waals surface area contributed by atoms with Gasteiger partial charge in [-0.25, -0.2) is 0 Å². The monoisotopic (exact) mass is 371 g/mol. The van der Waals surface area contributed by atoms with Crippen molar-refractivity contribution in [2.24, 2.45) is 0 Å². The van der Waals surface area contributed by atoms with Gasteiger partial charge in [-0.2, -0.15) is 26.3 Å². The van der Waals surface area contributed by atoms with E-state index in [9.17, 15) is 30.6 Å². The van der Waals surface area contributed by atoms with Crippen molar-refractivity contribution >= 4 is 10.8 Å². The highest BCUT2D eigenvalue weighted by Crippen LogP contribution is 2.34. The lowest BCUT2D eigenvalue weighted by Crippen LogP contribution is -2.19. The van der Waals surface area contributed by atoms with Crippen molar-refractivity contribution in [2.45, 2.75) is 31.1 Å². The number of hydrogen-bond donors (Lipinski definition) is 0. The van der Waals surface area contributed by atoms with Gasteiger partial charge >= 0.3 is 12.4 Å². The van der Waals surface area contributed by atoms with Gasteiger partial charge < -0.3 is 4.52 Å². The quantitative estimate of drug-likeness (QED) is 0.738. The fraction of sp³-hybridized carbons (Fsp3) is 0.357. The van der Waals surface area contributed by atoms with Crippen LogP contribution < -0.4 is 0 Å². The Balaban J connectivity index is 2.47. The largest absolute Gasteiger partial charge is 0.452 e. The van der Waals surface area contributed by atoms with Crippen molar-refractivity contribution in [1.29, 1.82) is 0 Å². The minimum Gasteiger partial charge on any atom is -0.351 e. The minimum absolute atomic E-state index is 0.107. The average molecular weight is 371 g/mol. The van der Waals surface area contributed by atoms with Gasteiger partial charge in [0.1, 0.15) is 11.4 Å². The highest BCUT2D eigenvalue weighted by molar-refractivity contribution is 7.85. The van der Waals surface area contributed by atoms with Crippen LogP contribution in [0.1, 0.15) is 16.9 Å². The van der Waals surface area contributed by atoms with Crippen molar-refractivity contribution in [1.82, 2.24) is 5.16 Å². The number of aryl methyl sites for hydroxylation is 2. The molecule has 0 aliphatic carbocycles. The second kappa shape index (κ2) is 6.23. The molecule has 132 valence electrons. The molecule has 0 N–H and O–H groups in total. The molecule has 24 heavy (non-hydrogen) atoms. The van der Waals surface area contributed by atoms with E-state index >= 15 is 0 Å². The molecule has 2 aromatic rings. The van der Waals surface area contributed by atoms with Gasteiger partial charge in [0.25, 0.3) is 0 Å². The molecule has 2 rings (SSSR count). The van der Waals surface area contributed by atoms with E-state index in [1.807, 2.05) is 0 Å². The Kier molecular flexibility index (Phi) is 4.80. The summed E-state index contributed by atoms with van der Waals surface area (Å²) in [5, 5.41) is 3.30. The first kappa shape index (κ1) is 18.5. The van der Waals surface area contributed by atoms with E-state index in [0.29, 0.717) is 17.2 Å². The summed E-state index contributed by atoms with van der Waals surface area (Å²) < 4.78 is 91.1. The molecule has 0 saturated carbocycles. The number of nitrogens with zero attached hydrogens (tertiary/aromatic N) is 1. The molecule has 1 atom stereocenters. The van der Waals surface area contributed by atoms with Crippen LogP contribution >= 0.6 is 0 Å². The lowest BCUT2D eigenvalue weighted by molar-refractivity contribution is -0.155. The predicted molar refractivity (Wildman–Crippen MR) is 73.7 cm³/mol. The van der Waals surface area contributed by atoms with E-state index in [2.05, 4.69) is 9.68 Å². The highest BCUT2D eigenvalue weighted by Gasteiger charge is 2.36. The van der Waals surface area contributed by atoms with Gasteiger partial charge in [-0.05, 0) is 31.0 Å². The molecule has 1 unspecified atom stereocenters. The number of benzene rings is 1. The molecule has 0 bridgehead atoms. The van der Waals surface area contributed by atoms with Crippen LogP contribution in [0.4, 0.5) is 26.3 Å². The van der Waals surface area contributed by atoms with Crippen LogP contribution in [0.3, 0.4) is 0 Å². The molecule has 0 spiro atoms. The van der Waals surface area contributed by atoms with E-state index in [0.717, 1.165) is 6.07 Å².